The minimum atomic E-state index is 0.463. The van der Waals surface area contributed by atoms with Gasteiger partial charge in [0, 0.05) is 19.1 Å². The second kappa shape index (κ2) is 6.06. The van der Waals surface area contributed by atoms with Crippen LogP contribution in [0.5, 0.6) is 0 Å². The van der Waals surface area contributed by atoms with E-state index >= 15 is 0 Å². The van der Waals surface area contributed by atoms with Crippen molar-refractivity contribution >= 4 is 17.5 Å². The Labute approximate surface area is 114 Å². The standard InChI is InChI=1S/C13H24N6/c1-15-12-11(14)8-16-13(18-12)17-9-4-6-10(7-5-9)19(2)3/h8-10H,4-7,14H2,1-3H3,(H2,15,16,17,18). The van der Waals surface area contributed by atoms with Crippen molar-refractivity contribution in [3.8, 4) is 0 Å². The highest BCUT2D eigenvalue weighted by Crippen LogP contribution is 2.24. The van der Waals surface area contributed by atoms with Crippen molar-refractivity contribution in [1.29, 1.82) is 0 Å². The van der Waals surface area contributed by atoms with Gasteiger partial charge in [-0.25, -0.2) is 4.98 Å². The molecule has 19 heavy (non-hydrogen) atoms. The number of nitrogen functional groups attached to an aromatic ring is 1. The van der Waals surface area contributed by atoms with Crippen LogP contribution in [0.3, 0.4) is 0 Å². The highest BCUT2D eigenvalue weighted by Gasteiger charge is 2.22. The molecule has 1 aliphatic carbocycles. The zero-order chi connectivity index (χ0) is 13.8. The van der Waals surface area contributed by atoms with Gasteiger partial charge in [0.25, 0.3) is 0 Å². The highest BCUT2D eigenvalue weighted by atomic mass is 15.2. The summed E-state index contributed by atoms with van der Waals surface area (Å²) in [6.07, 6.45) is 6.40. The first-order chi connectivity index (χ1) is 9.10. The SMILES string of the molecule is CNc1nc(NC2CCC(N(C)C)CC2)ncc1N. The number of nitrogens with zero attached hydrogens (tertiary/aromatic N) is 3. The monoisotopic (exact) mass is 264 g/mol. The van der Waals surface area contributed by atoms with Crippen LogP contribution in [0, 0.1) is 0 Å². The summed E-state index contributed by atoms with van der Waals surface area (Å²) >= 11 is 0. The molecule has 1 aromatic rings. The van der Waals surface area contributed by atoms with E-state index in [2.05, 4.69) is 39.6 Å². The number of nitrogens with two attached hydrogens (primary N) is 1. The van der Waals surface area contributed by atoms with Gasteiger partial charge in [0.05, 0.1) is 11.9 Å². The average molecular weight is 264 g/mol. The molecule has 0 aromatic carbocycles. The lowest BCUT2D eigenvalue weighted by Gasteiger charge is -2.32. The van der Waals surface area contributed by atoms with Gasteiger partial charge in [-0.1, -0.05) is 0 Å². The summed E-state index contributed by atoms with van der Waals surface area (Å²) in [6.45, 7) is 0. The van der Waals surface area contributed by atoms with Crippen LogP contribution >= 0.6 is 0 Å². The second-order valence-corrected chi connectivity index (χ2v) is 5.36. The molecule has 0 spiro atoms. The van der Waals surface area contributed by atoms with Gasteiger partial charge in [-0.05, 0) is 39.8 Å². The molecule has 1 aliphatic rings. The third-order valence-electron chi connectivity index (χ3n) is 3.81. The van der Waals surface area contributed by atoms with E-state index < -0.39 is 0 Å². The van der Waals surface area contributed by atoms with Crippen LogP contribution in [0.2, 0.25) is 0 Å². The van der Waals surface area contributed by atoms with Gasteiger partial charge in [-0.15, -0.1) is 0 Å². The summed E-state index contributed by atoms with van der Waals surface area (Å²) < 4.78 is 0. The van der Waals surface area contributed by atoms with Crippen LogP contribution in [0.4, 0.5) is 17.5 Å². The Balaban J connectivity index is 1.92. The number of anilines is 3. The van der Waals surface area contributed by atoms with Crippen LogP contribution in [-0.2, 0) is 0 Å². The average Bonchev–Trinajstić information content (AvgIpc) is 2.41. The lowest BCUT2D eigenvalue weighted by Crippen LogP contribution is -2.36. The van der Waals surface area contributed by atoms with Gasteiger partial charge >= 0.3 is 0 Å². The van der Waals surface area contributed by atoms with Crippen molar-refractivity contribution < 1.29 is 0 Å². The molecule has 0 amide bonds. The molecule has 0 bridgehead atoms. The maximum absolute atomic E-state index is 5.76. The van der Waals surface area contributed by atoms with Gasteiger partial charge in [-0.2, -0.15) is 4.98 Å². The van der Waals surface area contributed by atoms with E-state index in [9.17, 15) is 0 Å². The number of nitrogens with one attached hydrogen (secondary N) is 2. The Bertz CT molecular complexity index is 412. The summed E-state index contributed by atoms with van der Waals surface area (Å²) in [5, 5.41) is 6.38. The molecule has 1 heterocycles. The van der Waals surface area contributed by atoms with E-state index in [1.165, 1.54) is 12.8 Å². The maximum Gasteiger partial charge on any atom is 0.224 e. The summed E-state index contributed by atoms with van der Waals surface area (Å²) in [5.41, 5.74) is 6.34. The van der Waals surface area contributed by atoms with E-state index in [0.717, 1.165) is 12.8 Å². The van der Waals surface area contributed by atoms with Crippen molar-refractivity contribution in [1.82, 2.24) is 14.9 Å². The van der Waals surface area contributed by atoms with Gasteiger partial charge in [-0.3, -0.25) is 0 Å². The number of hydrogen-bond donors (Lipinski definition) is 3. The smallest absolute Gasteiger partial charge is 0.224 e. The fraction of sp³-hybridized carbons (Fsp3) is 0.692. The molecule has 6 nitrogen and oxygen atoms in total. The molecular weight excluding hydrogens is 240 g/mol. The summed E-state index contributed by atoms with van der Waals surface area (Å²) in [6, 6.07) is 1.17. The summed E-state index contributed by atoms with van der Waals surface area (Å²) in [4.78, 5) is 10.9. The predicted molar refractivity (Wildman–Crippen MR) is 79.3 cm³/mol. The van der Waals surface area contributed by atoms with Crippen LogP contribution in [0.1, 0.15) is 25.7 Å². The van der Waals surface area contributed by atoms with E-state index in [1.54, 1.807) is 6.20 Å². The van der Waals surface area contributed by atoms with Gasteiger partial charge < -0.3 is 21.3 Å². The van der Waals surface area contributed by atoms with Crippen LogP contribution < -0.4 is 16.4 Å². The quantitative estimate of drug-likeness (QED) is 0.762. The molecule has 1 aromatic heterocycles. The second-order valence-electron chi connectivity index (χ2n) is 5.36. The van der Waals surface area contributed by atoms with E-state index in [4.69, 9.17) is 5.73 Å². The van der Waals surface area contributed by atoms with Gasteiger partial charge in [0.2, 0.25) is 5.95 Å². The zero-order valence-electron chi connectivity index (χ0n) is 12.0. The fourth-order valence-corrected chi connectivity index (χ4v) is 2.58. The summed E-state index contributed by atoms with van der Waals surface area (Å²) in [7, 11) is 6.12. The topological polar surface area (TPSA) is 79.1 Å². The Kier molecular flexibility index (Phi) is 4.42. The van der Waals surface area contributed by atoms with Crippen LogP contribution in [0.25, 0.3) is 0 Å². The highest BCUT2D eigenvalue weighted by molar-refractivity contribution is 5.61. The first-order valence-corrected chi connectivity index (χ1v) is 6.83. The third kappa shape index (κ3) is 3.47. The van der Waals surface area contributed by atoms with Crippen LogP contribution in [-0.4, -0.2) is 48.1 Å². The molecule has 106 valence electrons. The number of aromatic nitrogens is 2. The van der Waals surface area contributed by atoms with Crippen molar-refractivity contribution in [3.05, 3.63) is 6.20 Å². The third-order valence-corrected chi connectivity index (χ3v) is 3.81. The zero-order valence-corrected chi connectivity index (χ0v) is 12.0. The molecule has 4 N–H and O–H groups in total. The molecule has 0 unspecified atom stereocenters. The lowest BCUT2D eigenvalue weighted by molar-refractivity contribution is 0.221. The van der Waals surface area contributed by atoms with E-state index in [1.807, 2.05) is 7.05 Å². The number of rotatable bonds is 4. The normalized spacial score (nSPS) is 23.4. The van der Waals surface area contributed by atoms with E-state index in [0.29, 0.717) is 29.5 Å². The van der Waals surface area contributed by atoms with Crippen LogP contribution in [0.15, 0.2) is 6.20 Å². The molecule has 0 radical (unpaired) electrons. The Morgan fingerprint density at radius 1 is 1.26 bits per heavy atom. The van der Waals surface area contributed by atoms with Crippen molar-refractivity contribution in [2.24, 2.45) is 0 Å². The molecule has 0 atom stereocenters. The minimum Gasteiger partial charge on any atom is -0.394 e. The predicted octanol–water partition coefficient (Wildman–Crippen LogP) is 1.39. The summed E-state index contributed by atoms with van der Waals surface area (Å²) in [5.74, 6) is 1.34. The molecular formula is C13H24N6. The van der Waals surface area contributed by atoms with Gasteiger partial charge in [0.1, 0.15) is 0 Å². The van der Waals surface area contributed by atoms with E-state index in [-0.39, 0.29) is 0 Å². The molecule has 1 saturated carbocycles. The maximum atomic E-state index is 5.76. The first-order valence-electron chi connectivity index (χ1n) is 6.83. The molecule has 1 fully saturated rings. The van der Waals surface area contributed by atoms with Crippen molar-refractivity contribution in [3.63, 3.8) is 0 Å². The Morgan fingerprint density at radius 3 is 2.53 bits per heavy atom. The Morgan fingerprint density at radius 2 is 1.95 bits per heavy atom. The lowest BCUT2D eigenvalue weighted by atomic mass is 9.91. The number of hydrogen-bond acceptors (Lipinski definition) is 6. The fourth-order valence-electron chi connectivity index (χ4n) is 2.58. The van der Waals surface area contributed by atoms with Crippen molar-refractivity contribution in [2.45, 2.75) is 37.8 Å². The molecule has 0 saturated heterocycles. The molecule has 0 aliphatic heterocycles. The molecule has 2 rings (SSSR count). The first kappa shape index (κ1) is 13.9. The van der Waals surface area contributed by atoms with Gasteiger partial charge in [0.15, 0.2) is 5.82 Å². The van der Waals surface area contributed by atoms with Crippen molar-refractivity contribution in [2.75, 3.05) is 37.5 Å². The minimum absolute atomic E-state index is 0.463. The largest absolute Gasteiger partial charge is 0.394 e. The Hall–Kier alpha value is -1.56. The molecule has 6 heteroatoms.